The SMILES string of the molecule is O=C(Nc1cc(Cl)ncn1)C1CC2CCC1N2. The number of hydrogen-bond acceptors (Lipinski definition) is 4. The molecule has 0 radical (unpaired) electrons. The molecule has 3 rings (SSSR count). The molecule has 0 aliphatic carbocycles. The molecule has 2 fully saturated rings. The molecule has 1 aromatic rings. The molecule has 2 N–H and O–H groups in total. The van der Waals surface area contributed by atoms with E-state index in [1.807, 2.05) is 0 Å². The molecule has 3 unspecified atom stereocenters. The molecule has 2 aliphatic heterocycles. The highest BCUT2D eigenvalue weighted by Gasteiger charge is 2.42. The molecule has 2 saturated heterocycles. The molecule has 0 saturated carbocycles. The normalized spacial score (nSPS) is 30.5. The van der Waals surface area contributed by atoms with Crippen molar-refractivity contribution in [2.75, 3.05) is 5.32 Å². The van der Waals surface area contributed by atoms with Crippen molar-refractivity contribution in [3.05, 3.63) is 17.5 Å². The summed E-state index contributed by atoms with van der Waals surface area (Å²) in [6.07, 6.45) is 4.55. The van der Waals surface area contributed by atoms with E-state index in [0.717, 1.165) is 12.8 Å². The highest BCUT2D eigenvalue weighted by atomic mass is 35.5. The molecule has 2 bridgehead atoms. The zero-order valence-corrected chi connectivity index (χ0v) is 9.94. The van der Waals surface area contributed by atoms with Crippen LogP contribution in [0.5, 0.6) is 0 Å². The summed E-state index contributed by atoms with van der Waals surface area (Å²) < 4.78 is 0. The van der Waals surface area contributed by atoms with Gasteiger partial charge in [-0.25, -0.2) is 9.97 Å². The maximum atomic E-state index is 12.1. The number of hydrogen-bond donors (Lipinski definition) is 2. The van der Waals surface area contributed by atoms with E-state index in [2.05, 4.69) is 20.6 Å². The van der Waals surface area contributed by atoms with E-state index in [9.17, 15) is 4.79 Å². The topological polar surface area (TPSA) is 66.9 Å². The van der Waals surface area contributed by atoms with Crippen molar-refractivity contribution < 1.29 is 4.79 Å². The summed E-state index contributed by atoms with van der Waals surface area (Å²) in [6, 6.07) is 2.40. The van der Waals surface area contributed by atoms with Crippen molar-refractivity contribution in [1.29, 1.82) is 0 Å². The molecule has 0 aromatic carbocycles. The zero-order valence-electron chi connectivity index (χ0n) is 9.19. The number of aromatic nitrogens is 2. The van der Waals surface area contributed by atoms with E-state index in [-0.39, 0.29) is 11.8 Å². The molecule has 1 aromatic heterocycles. The van der Waals surface area contributed by atoms with Crippen LogP contribution in [-0.4, -0.2) is 28.0 Å². The van der Waals surface area contributed by atoms with E-state index in [1.54, 1.807) is 6.07 Å². The van der Waals surface area contributed by atoms with Gasteiger partial charge < -0.3 is 10.6 Å². The molecule has 1 amide bonds. The highest BCUT2D eigenvalue weighted by Crippen LogP contribution is 2.33. The average Bonchev–Trinajstić information content (AvgIpc) is 2.90. The fourth-order valence-corrected chi connectivity index (χ4v) is 2.88. The van der Waals surface area contributed by atoms with Crippen LogP contribution < -0.4 is 10.6 Å². The van der Waals surface area contributed by atoms with E-state index >= 15 is 0 Å². The number of anilines is 1. The van der Waals surface area contributed by atoms with Gasteiger partial charge in [-0.05, 0) is 19.3 Å². The van der Waals surface area contributed by atoms with E-state index in [4.69, 9.17) is 11.6 Å². The first-order valence-electron chi connectivity index (χ1n) is 5.77. The highest BCUT2D eigenvalue weighted by molar-refractivity contribution is 6.29. The Morgan fingerprint density at radius 2 is 2.35 bits per heavy atom. The van der Waals surface area contributed by atoms with Crippen LogP contribution >= 0.6 is 11.6 Å². The van der Waals surface area contributed by atoms with Gasteiger partial charge >= 0.3 is 0 Å². The van der Waals surface area contributed by atoms with Gasteiger partial charge in [-0.1, -0.05) is 11.6 Å². The Morgan fingerprint density at radius 1 is 1.47 bits per heavy atom. The summed E-state index contributed by atoms with van der Waals surface area (Å²) in [5.74, 6) is 0.555. The van der Waals surface area contributed by atoms with E-state index in [1.165, 1.54) is 12.7 Å². The van der Waals surface area contributed by atoms with Crippen molar-refractivity contribution in [1.82, 2.24) is 15.3 Å². The van der Waals surface area contributed by atoms with Gasteiger partial charge in [0.2, 0.25) is 5.91 Å². The molecule has 5 nitrogen and oxygen atoms in total. The van der Waals surface area contributed by atoms with Crippen LogP contribution in [0.3, 0.4) is 0 Å². The number of fused-ring (bicyclic) bond motifs is 2. The van der Waals surface area contributed by atoms with Gasteiger partial charge in [-0.3, -0.25) is 4.79 Å². The molecule has 17 heavy (non-hydrogen) atoms. The third-order valence-corrected chi connectivity index (χ3v) is 3.73. The number of nitrogens with one attached hydrogen (secondary N) is 2. The molecule has 6 heteroatoms. The molecule has 90 valence electrons. The first kappa shape index (κ1) is 10.9. The summed E-state index contributed by atoms with van der Waals surface area (Å²) in [5, 5.41) is 6.57. The Hall–Kier alpha value is -1.20. The first-order valence-corrected chi connectivity index (χ1v) is 6.14. The molecule has 0 spiro atoms. The van der Waals surface area contributed by atoms with Crippen LogP contribution in [0.25, 0.3) is 0 Å². The van der Waals surface area contributed by atoms with Crippen LogP contribution in [0.1, 0.15) is 19.3 Å². The maximum Gasteiger partial charge on any atom is 0.230 e. The van der Waals surface area contributed by atoms with Gasteiger partial charge in [0.05, 0.1) is 5.92 Å². The van der Waals surface area contributed by atoms with Gasteiger partial charge in [-0.2, -0.15) is 0 Å². The second-order valence-electron chi connectivity index (χ2n) is 4.60. The monoisotopic (exact) mass is 252 g/mol. The Labute approximate surface area is 104 Å². The van der Waals surface area contributed by atoms with Crippen LogP contribution in [0.2, 0.25) is 5.15 Å². The predicted molar refractivity (Wildman–Crippen MR) is 63.7 cm³/mol. The first-order chi connectivity index (χ1) is 8.22. The number of carbonyl (C=O) groups is 1. The summed E-state index contributed by atoms with van der Waals surface area (Å²) in [5.41, 5.74) is 0. The zero-order chi connectivity index (χ0) is 11.8. The minimum Gasteiger partial charge on any atom is -0.310 e. The fraction of sp³-hybridized carbons (Fsp3) is 0.545. The minimum atomic E-state index is 0.0273. The average molecular weight is 253 g/mol. The Morgan fingerprint density at radius 3 is 3.00 bits per heavy atom. The molecular formula is C11H13ClN4O. The summed E-state index contributed by atoms with van der Waals surface area (Å²) in [4.78, 5) is 19.8. The smallest absolute Gasteiger partial charge is 0.230 e. The Balaban J connectivity index is 1.68. The summed E-state index contributed by atoms with van der Waals surface area (Å²) >= 11 is 5.74. The van der Waals surface area contributed by atoms with Crippen LogP contribution in [-0.2, 0) is 4.79 Å². The standard InChI is InChI=1S/C11H13ClN4O/c12-9-4-10(14-5-13-9)16-11(17)7-3-6-1-2-8(7)15-6/h4-8,15H,1-3H2,(H,13,14,16,17). The molecule has 2 aliphatic rings. The Kier molecular flexibility index (Phi) is 2.72. The van der Waals surface area contributed by atoms with Crippen LogP contribution in [0.15, 0.2) is 12.4 Å². The second kappa shape index (κ2) is 4.23. The van der Waals surface area contributed by atoms with E-state index in [0.29, 0.717) is 23.1 Å². The second-order valence-corrected chi connectivity index (χ2v) is 4.99. The third-order valence-electron chi connectivity index (χ3n) is 3.52. The number of halogens is 1. The van der Waals surface area contributed by atoms with Gasteiger partial charge in [0, 0.05) is 18.2 Å². The van der Waals surface area contributed by atoms with E-state index < -0.39 is 0 Å². The lowest BCUT2D eigenvalue weighted by Crippen LogP contribution is -2.33. The van der Waals surface area contributed by atoms with Gasteiger partial charge in [0.1, 0.15) is 17.3 Å². The summed E-state index contributed by atoms with van der Waals surface area (Å²) in [6.45, 7) is 0. The van der Waals surface area contributed by atoms with Crippen molar-refractivity contribution in [2.45, 2.75) is 31.3 Å². The number of rotatable bonds is 2. The van der Waals surface area contributed by atoms with Gasteiger partial charge in [-0.15, -0.1) is 0 Å². The van der Waals surface area contributed by atoms with Gasteiger partial charge in [0.25, 0.3) is 0 Å². The fourth-order valence-electron chi connectivity index (χ4n) is 2.73. The van der Waals surface area contributed by atoms with Crippen LogP contribution in [0, 0.1) is 5.92 Å². The van der Waals surface area contributed by atoms with Gasteiger partial charge in [0.15, 0.2) is 0 Å². The molecule has 3 atom stereocenters. The number of amides is 1. The molecular weight excluding hydrogens is 240 g/mol. The maximum absolute atomic E-state index is 12.1. The lowest BCUT2D eigenvalue weighted by atomic mass is 9.88. The number of nitrogens with zero attached hydrogens (tertiary/aromatic N) is 2. The Bertz CT molecular complexity index is 453. The quantitative estimate of drug-likeness (QED) is 0.777. The number of carbonyl (C=O) groups excluding carboxylic acids is 1. The third kappa shape index (κ3) is 2.12. The van der Waals surface area contributed by atoms with Crippen molar-refractivity contribution in [3.8, 4) is 0 Å². The summed E-state index contributed by atoms with van der Waals surface area (Å²) in [7, 11) is 0. The van der Waals surface area contributed by atoms with Crippen molar-refractivity contribution in [2.24, 2.45) is 5.92 Å². The van der Waals surface area contributed by atoms with Crippen molar-refractivity contribution >= 4 is 23.3 Å². The molecule has 3 heterocycles. The lowest BCUT2D eigenvalue weighted by Gasteiger charge is -2.18. The largest absolute Gasteiger partial charge is 0.310 e. The lowest BCUT2D eigenvalue weighted by molar-refractivity contribution is -0.120. The van der Waals surface area contributed by atoms with Crippen LogP contribution in [0.4, 0.5) is 5.82 Å². The van der Waals surface area contributed by atoms with Crippen molar-refractivity contribution in [3.63, 3.8) is 0 Å². The predicted octanol–water partition coefficient (Wildman–Crippen LogP) is 1.21. The minimum absolute atomic E-state index is 0.0273.